The molecule has 0 saturated carbocycles. The number of nitro groups is 1. The van der Waals surface area contributed by atoms with Crippen LogP contribution >= 0.6 is 0 Å². The normalized spacial score (nSPS) is 12.5. The summed E-state index contributed by atoms with van der Waals surface area (Å²) in [4.78, 5) is 12.6. The summed E-state index contributed by atoms with van der Waals surface area (Å²) in [6.07, 6.45) is -10.4. The van der Waals surface area contributed by atoms with E-state index in [1.165, 1.54) is 19.1 Å². The van der Waals surface area contributed by atoms with Gasteiger partial charge in [-0.2, -0.15) is 31.3 Å². The number of hydrogen-bond acceptors (Lipinski definition) is 4. The largest absolute Gasteiger partial charge is 0.453 e. The van der Waals surface area contributed by atoms with Gasteiger partial charge in [0.2, 0.25) is 5.82 Å². The van der Waals surface area contributed by atoms with Crippen LogP contribution < -0.4 is 0 Å². The van der Waals surface area contributed by atoms with Gasteiger partial charge in [-0.25, -0.2) is 4.68 Å². The molecule has 6 nitrogen and oxygen atoms in total. The van der Waals surface area contributed by atoms with Crippen molar-refractivity contribution in [2.75, 3.05) is 0 Å². The highest BCUT2D eigenvalue weighted by Crippen LogP contribution is 2.33. The third kappa shape index (κ3) is 3.63. The fraction of sp³-hybridized carbons (Fsp3) is 0.333. The Labute approximate surface area is 129 Å². The summed E-state index contributed by atoms with van der Waals surface area (Å²) in [6, 6.07) is 3.61. The summed E-state index contributed by atoms with van der Waals surface area (Å²) in [6.45, 7) is 0.649. The zero-order valence-electron chi connectivity index (χ0n) is 11.8. The minimum atomic E-state index is -5.20. The Hall–Kier alpha value is -2.66. The van der Waals surface area contributed by atoms with Crippen molar-refractivity contribution >= 4 is 5.69 Å². The molecule has 2 rings (SSSR count). The Bertz CT molecular complexity index is 781. The van der Waals surface area contributed by atoms with Crippen molar-refractivity contribution in [1.82, 2.24) is 14.8 Å². The molecule has 1 aromatic heterocycles. The van der Waals surface area contributed by atoms with Gasteiger partial charge in [0.15, 0.2) is 0 Å². The quantitative estimate of drug-likeness (QED) is 0.480. The number of aryl methyl sites for hydroxylation is 1. The van der Waals surface area contributed by atoms with E-state index in [9.17, 15) is 36.5 Å². The Morgan fingerprint density at radius 3 is 2.29 bits per heavy atom. The summed E-state index contributed by atoms with van der Waals surface area (Å²) in [5, 5.41) is 13.7. The van der Waals surface area contributed by atoms with E-state index in [4.69, 9.17) is 0 Å². The number of nitrogens with zero attached hydrogens (tertiary/aromatic N) is 4. The van der Waals surface area contributed by atoms with E-state index >= 15 is 0 Å². The van der Waals surface area contributed by atoms with Gasteiger partial charge in [-0.15, -0.1) is 5.10 Å². The second-order valence-electron chi connectivity index (χ2n) is 4.80. The fourth-order valence-electron chi connectivity index (χ4n) is 1.96. The zero-order valence-corrected chi connectivity index (χ0v) is 11.8. The molecule has 0 N–H and O–H groups in total. The average molecular weight is 354 g/mol. The van der Waals surface area contributed by atoms with Crippen molar-refractivity contribution < 1.29 is 31.3 Å². The molecule has 0 unspecified atom stereocenters. The third-order valence-corrected chi connectivity index (χ3v) is 2.93. The Morgan fingerprint density at radius 2 is 1.79 bits per heavy atom. The summed E-state index contributed by atoms with van der Waals surface area (Å²) < 4.78 is 76.3. The predicted molar refractivity (Wildman–Crippen MR) is 67.0 cm³/mol. The standard InChI is InChI=1S/C12H8F6N4O2/c1-6-2-3-8(22(23)24)7(4-6)5-21-10(12(16,17)18)19-9(20-21)11(13,14)15/h2-4H,5H2,1H3. The van der Waals surface area contributed by atoms with Crippen LogP contribution in [0.15, 0.2) is 18.2 Å². The van der Waals surface area contributed by atoms with Gasteiger partial charge in [-0.1, -0.05) is 11.6 Å². The van der Waals surface area contributed by atoms with E-state index in [0.29, 0.717) is 5.56 Å². The molecule has 2 aromatic rings. The highest BCUT2D eigenvalue weighted by atomic mass is 19.4. The number of aromatic nitrogens is 3. The van der Waals surface area contributed by atoms with Gasteiger partial charge < -0.3 is 0 Å². The van der Waals surface area contributed by atoms with E-state index in [1.807, 2.05) is 0 Å². The predicted octanol–water partition coefficient (Wildman–Crippen LogP) is 3.58. The second kappa shape index (κ2) is 5.76. The summed E-state index contributed by atoms with van der Waals surface area (Å²) in [5.41, 5.74) is -0.262. The van der Waals surface area contributed by atoms with E-state index in [2.05, 4.69) is 10.1 Å². The first-order chi connectivity index (χ1) is 10.9. The number of hydrogen-bond donors (Lipinski definition) is 0. The maximum absolute atomic E-state index is 12.9. The van der Waals surface area contributed by atoms with Crippen LogP contribution in [-0.4, -0.2) is 19.7 Å². The van der Waals surface area contributed by atoms with E-state index in [-0.39, 0.29) is 10.2 Å². The first kappa shape index (κ1) is 17.7. The Balaban J connectivity index is 2.56. The van der Waals surface area contributed by atoms with Gasteiger partial charge in [-0.05, 0) is 13.0 Å². The molecule has 0 aliphatic heterocycles. The molecule has 0 aliphatic carbocycles. The van der Waals surface area contributed by atoms with Crippen LogP contribution in [0.3, 0.4) is 0 Å². The van der Waals surface area contributed by atoms with Crippen LogP contribution in [0.2, 0.25) is 0 Å². The molecule has 130 valence electrons. The van der Waals surface area contributed by atoms with Crippen LogP contribution in [0.25, 0.3) is 0 Å². The van der Waals surface area contributed by atoms with Crippen LogP contribution in [0.1, 0.15) is 22.8 Å². The minimum Gasteiger partial charge on any atom is -0.258 e. The van der Waals surface area contributed by atoms with Crippen LogP contribution in [0.5, 0.6) is 0 Å². The maximum atomic E-state index is 12.9. The molecule has 0 spiro atoms. The van der Waals surface area contributed by atoms with Crippen molar-refractivity contribution in [2.45, 2.75) is 25.8 Å². The van der Waals surface area contributed by atoms with Crippen molar-refractivity contribution in [3.05, 3.63) is 51.1 Å². The molecule has 0 saturated heterocycles. The number of halogens is 6. The maximum Gasteiger partial charge on any atom is 0.453 e. The molecule has 12 heteroatoms. The van der Waals surface area contributed by atoms with Crippen molar-refractivity contribution in [1.29, 1.82) is 0 Å². The summed E-state index contributed by atoms with van der Waals surface area (Å²) in [7, 11) is 0. The van der Waals surface area contributed by atoms with Crippen LogP contribution in [0, 0.1) is 17.0 Å². The van der Waals surface area contributed by atoms with E-state index < -0.39 is 41.2 Å². The van der Waals surface area contributed by atoms with E-state index in [0.717, 1.165) is 6.07 Å². The number of benzene rings is 1. The molecule has 0 atom stereocenters. The lowest BCUT2D eigenvalue weighted by atomic mass is 10.1. The molecular formula is C12H8F6N4O2. The molecular weight excluding hydrogens is 346 g/mol. The zero-order chi connectivity index (χ0) is 18.3. The van der Waals surface area contributed by atoms with Crippen molar-refractivity contribution in [3.8, 4) is 0 Å². The Morgan fingerprint density at radius 1 is 1.17 bits per heavy atom. The molecule has 1 aromatic carbocycles. The SMILES string of the molecule is Cc1ccc([N+](=O)[O-])c(Cn2nc(C(F)(F)F)nc2C(F)(F)F)c1. The lowest BCUT2D eigenvalue weighted by molar-refractivity contribution is -0.385. The Kier molecular flexibility index (Phi) is 4.25. The van der Waals surface area contributed by atoms with E-state index in [1.54, 1.807) is 0 Å². The smallest absolute Gasteiger partial charge is 0.258 e. The monoisotopic (exact) mass is 354 g/mol. The topological polar surface area (TPSA) is 73.8 Å². The first-order valence-electron chi connectivity index (χ1n) is 6.22. The summed E-state index contributed by atoms with van der Waals surface area (Å²) in [5.74, 6) is -3.85. The van der Waals surface area contributed by atoms with Gasteiger partial charge in [0.1, 0.15) is 0 Å². The molecule has 1 heterocycles. The number of nitro benzene ring substituents is 1. The molecule has 0 radical (unpaired) electrons. The molecule has 0 aliphatic rings. The molecule has 24 heavy (non-hydrogen) atoms. The van der Waals surface area contributed by atoms with Gasteiger partial charge in [-0.3, -0.25) is 10.1 Å². The number of rotatable bonds is 3. The highest BCUT2D eigenvalue weighted by Gasteiger charge is 2.44. The minimum absolute atomic E-state index is 0.0371. The molecule has 0 bridgehead atoms. The van der Waals surface area contributed by atoms with Crippen molar-refractivity contribution in [2.24, 2.45) is 0 Å². The van der Waals surface area contributed by atoms with Gasteiger partial charge >= 0.3 is 12.4 Å². The third-order valence-electron chi connectivity index (χ3n) is 2.93. The van der Waals surface area contributed by atoms with Crippen LogP contribution in [0.4, 0.5) is 32.0 Å². The van der Waals surface area contributed by atoms with Crippen LogP contribution in [-0.2, 0) is 18.9 Å². The average Bonchev–Trinajstić information content (AvgIpc) is 2.82. The van der Waals surface area contributed by atoms with Gasteiger partial charge in [0.05, 0.1) is 17.0 Å². The second-order valence-corrected chi connectivity index (χ2v) is 4.80. The first-order valence-corrected chi connectivity index (χ1v) is 6.22. The summed E-state index contributed by atoms with van der Waals surface area (Å²) >= 11 is 0. The fourth-order valence-corrected chi connectivity index (χ4v) is 1.96. The highest BCUT2D eigenvalue weighted by molar-refractivity contribution is 5.42. The van der Waals surface area contributed by atoms with Crippen molar-refractivity contribution in [3.63, 3.8) is 0 Å². The lowest BCUT2D eigenvalue weighted by Gasteiger charge is -2.09. The molecule has 0 fully saturated rings. The lowest BCUT2D eigenvalue weighted by Crippen LogP contribution is -2.17. The van der Waals surface area contributed by atoms with Gasteiger partial charge in [0, 0.05) is 6.07 Å². The molecule has 0 amide bonds. The number of alkyl halides is 6. The van der Waals surface area contributed by atoms with Gasteiger partial charge in [0.25, 0.3) is 11.5 Å².